The number of thiophene rings is 1. The molecule has 0 saturated heterocycles. The molecule has 1 saturated carbocycles. The second-order valence-electron chi connectivity index (χ2n) is 6.24. The Labute approximate surface area is 136 Å². The Hall–Kier alpha value is 0.1000. The highest BCUT2D eigenvalue weighted by molar-refractivity contribution is 9.10. The molecule has 2 nitrogen and oxygen atoms in total. The number of hydrogen-bond acceptors (Lipinski definition) is 3. The van der Waals surface area contributed by atoms with Gasteiger partial charge < -0.3 is 10.2 Å². The first kappa shape index (κ1) is 16.5. The van der Waals surface area contributed by atoms with Crippen LogP contribution in [0.2, 0.25) is 0 Å². The van der Waals surface area contributed by atoms with E-state index in [0.717, 1.165) is 13.1 Å². The lowest BCUT2D eigenvalue weighted by Gasteiger charge is -2.40. The zero-order valence-corrected chi connectivity index (χ0v) is 15.2. The number of nitrogens with one attached hydrogen (secondary N) is 1. The van der Waals surface area contributed by atoms with Gasteiger partial charge in [0, 0.05) is 34.4 Å². The highest BCUT2D eigenvalue weighted by Gasteiger charge is 2.32. The lowest BCUT2D eigenvalue weighted by atomic mass is 9.73. The molecule has 1 N–H and O–H groups in total. The van der Waals surface area contributed by atoms with Crippen molar-refractivity contribution >= 4 is 27.3 Å². The Morgan fingerprint density at radius 1 is 1.35 bits per heavy atom. The van der Waals surface area contributed by atoms with E-state index in [2.05, 4.69) is 51.6 Å². The summed E-state index contributed by atoms with van der Waals surface area (Å²) in [4.78, 5) is 3.97. The van der Waals surface area contributed by atoms with Crippen LogP contribution in [0.3, 0.4) is 0 Å². The van der Waals surface area contributed by atoms with Crippen molar-refractivity contribution in [1.29, 1.82) is 0 Å². The van der Waals surface area contributed by atoms with Crippen LogP contribution in [-0.2, 0) is 6.54 Å². The molecule has 1 heterocycles. The molecule has 1 aromatic heterocycles. The van der Waals surface area contributed by atoms with Crippen LogP contribution in [0, 0.1) is 5.41 Å². The summed E-state index contributed by atoms with van der Waals surface area (Å²) >= 11 is 5.40. The van der Waals surface area contributed by atoms with Gasteiger partial charge in [-0.05, 0) is 53.8 Å². The number of rotatable bonds is 7. The van der Waals surface area contributed by atoms with Crippen LogP contribution in [0.15, 0.2) is 15.9 Å². The maximum Gasteiger partial charge on any atom is 0.0325 e. The summed E-state index contributed by atoms with van der Waals surface area (Å²) in [5.74, 6) is 0. The van der Waals surface area contributed by atoms with Gasteiger partial charge in [-0.2, -0.15) is 0 Å². The van der Waals surface area contributed by atoms with Gasteiger partial charge in [-0.25, -0.2) is 0 Å². The molecule has 1 fully saturated rings. The molecule has 0 aromatic carbocycles. The summed E-state index contributed by atoms with van der Waals surface area (Å²) in [7, 11) is 2.27. The van der Waals surface area contributed by atoms with Crippen molar-refractivity contribution in [1.82, 2.24) is 10.2 Å². The van der Waals surface area contributed by atoms with Crippen LogP contribution < -0.4 is 5.32 Å². The highest BCUT2D eigenvalue weighted by Crippen LogP contribution is 2.36. The van der Waals surface area contributed by atoms with E-state index in [1.165, 1.54) is 54.5 Å². The topological polar surface area (TPSA) is 15.3 Å². The van der Waals surface area contributed by atoms with Crippen molar-refractivity contribution < 1.29 is 0 Å². The lowest BCUT2D eigenvalue weighted by molar-refractivity contribution is 0.115. The monoisotopic (exact) mass is 358 g/mol. The Kier molecular flexibility index (Phi) is 6.53. The molecule has 0 radical (unpaired) electrons. The van der Waals surface area contributed by atoms with Crippen molar-refractivity contribution in [2.24, 2.45) is 5.41 Å². The Morgan fingerprint density at radius 2 is 2.10 bits per heavy atom. The smallest absolute Gasteiger partial charge is 0.0325 e. The summed E-state index contributed by atoms with van der Waals surface area (Å²) in [5, 5.41) is 5.78. The first-order valence-electron chi connectivity index (χ1n) is 7.76. The van der Waals surface area contributed by atoms with Gasteiger partial charge in [0.15, 0.2) is 0 Å². The largest absolute Gasteiger partial charge is 0.316 e. The van der Waals surface area contributed by atoms with Gasteiger partial charge in [-0.1, -0.05) is 26.2 Å². The highest BCUT2D eigenvalue weighted by atomic mass is 79.9. The van der Waals surface area contributed by atoms with Crippen LogP contribution >= 0.6 is 27.3 Å². The van der Waals surface area contributed by atoms with E-state index in [4.69, 9.17) is 0 Å². The number of halogens is 1. The summed E-state index contributed by atoms with van der Waals surface area (Å²) in [5.41, 5.74) is 0.498. The molecular weight excluding hydrogens is 332 g/mol. The zero-order valence-electron chi connectivity index (χ0n) is 12.8. The average Bonchev–Trinajstić information content (AvgIpc) is 2.82. The van der Waals surface area contributed by atoms with Crippen molar-refractivity contribution in [2.75, 3.05) is 26.7 Å². The Morgan fingerprint density at radius 3 is 2.70 bits per heavy atom. The molecule has 0 unspecified atom stereocenters. The second-order valence-corrected chi connectivity index (χ2v) is 8.16. The minimum atomic E-state index is 0.498. The first-order chi connectivity index (χ1) is 9.63. The zero-order chi connectivity index (χ0) is 14.4. The van der Waals surface area contributed by atoms with E-state index in [1.54, 1.807) is 0 Å². The van der Waals surface area contributed by atoms with Crippen molar-refractivity contribution in [3.63, 3.8) is 0 Å². The second kappa shape index (κ2) is 7.92. The molecule has 1 aliphatic carbocycles. The lowest BCUT2D eigenvalue weighted by Crippen LogP contribution is -2.44. The molecule has 20 heavy (non-hydrogen) atoms. The average molecular weight is 359 g/mol. The van der Waals surface area contributed by atoms with E-state index in [-0.39, 0.29) is 0 Å². The van der Waals surface area contributed by atoms with Crippen LogP contribution in [0.4, 0.5) is 0 Å². The van der Waals surface area contributed by atoms with E-state index >= 15 is 0 Å². The van der Waals surface area contributed by atoms with Gasteiger partial charge in [0.1, 0.15) is 0 Å². The third kappa shape index (κ3) is 4.83. The quantitative estimate of drug-likeness (QED) is 0.771. The molecule has 0 atom stereocenters. The minimum absolute atomic E-state index is 0.498. The van der Waals surface area contributed by atoms with E-state index < -0.39 is 0 Å². The standard InChI is InChI=1S/C16H27BrN2S/c1-3-18-12-16(7-5-4-6-8-16)13-19(2)10-15-9-14(17)11-20-15/h9,11,18H,3-8,10,12-13H2,1-2H3. The van der Waals surface area contributed by atoms with E-state index in [0.29, 0.717) is 5.41 Å². The number of nitrogens with zero attached hydrogens (tertiary/aromatic N) is 1. The van der Waals surface area contributed by atoms with Gasteiger partial charge in [0.2, 0.25) is 0 Å². The fourth-order valence-corrected chi connectivity index (χ4v) is 4.94. The maximum atomic E-state index is 3.60. The van der Waals surface area contributed by atoms with Crippen LogP contribution in [0.25, 0.3) is 0 Å². The van der Waals surface area contributed by atoms with Crippen LogP contribution in [-0.4, -0.2) is 31.6 Å². The Bertz CT molecular complexity index is 399. The van der Waals surface area contributed by atoms with Gasteiger partial charge in [0.25, 0.3) is 0 Å². The predicted octanol–water partition coefficient (Wildman–Crippen LogP) is 4.50. The molecule has 4 heteroatoms. The van der Waals surface area contributed by atoms with Gasteiger partial charge in [0.05, 0.1) is 0 Å². The summed E-state index contributed by atoms with van der Waals surface area (Å²) < 4.78 is 1.21. The molecule has 2 rings (SSSR count). The van der Waals surface area contributed by atoms with Crippen molar-refractivity contribution in [2.45, 2.75) is 45.6 Å². The third-order valence-corrected chi connectivity index (χ3v) is 6.00. The molecule has 1 aromatic rings. The molecular formula is C16H27BrN2S. The molecule has 0 bridgehead atoms. The van der Waals surface area contributed by atoms with Crippen molar-refractivity contribution in [3.8, 4) is 0 Å². The van der Waals surface area contributed by atoms with Gasteiger partial charge >= 0.3 is 0 Å². The van der Waals surface area contributed by atoms with Gasteiger partial charge in [-0.3, -0.25) is 0 Å². The van der Waals surface area contributed by atoms with E-state index in [1.807, 2.05) is 11.3 Å². The summed E-state index contributed by atoms with van der Waals surface area (Å²) in [6, 6.07) is 2.25. The fourth-order valence-electron chi connectivity index (χ4n) is 3.41. The van der Waals surface area contributed by atoms with Crippen LogP contribution in [0.1, 0.15) is 43.9 Å². The predicted molar refractivity (Wildman–Crippen MR) is 92.4 cm³/mol. The molecule has 1 aliphatic rings. The van der Waals surface area contributed by atoms with Crippen LogP contribution in [0.5, 0.6) is 0 Å². The van der Waals surface area contributed by atoms with Crippen molar-refractivity contribution in [3.05, 3.63) is 20.8 Å². The minimum Gasteiger partial charge on any atom is -0.316 e. The molecule has 0 aliphatic heterocycles. The fraction of sp³-hybridized carbons (Fsp3) is 0.750. The SMILES string of the molecule is CCNCC1(CN(C)Cc2cc(Br)cs2)CCCCC1. The molecule has 0 spiro atoms. The van der Waals surface area contributed by atoms with E-state index in [9.17, 15) is 0 Å². The molecule has 0 amide bonds. The van der Waals surface area contributed by atoms with Gasteiger partial charge in [-0.15, -0.1) is 11.3 Å². The normalized spacial score (nSPS) is 18.6. The maximum absolute atomic E-state index is 3.60. The first-order valence-corrected chi connectivity index (χ1v) is 9.43. The summed E-state index contributed by atoms with van der Waals surface area (Å²) in [6.45, 7) is 6.77. The Balaban J connectivity index is 1.92. The number of hydrogen-bond donors (Lipinski definition) is 1. The molecule has 114 valence electrons. The third-order valence-electron chi connectivity index (χ3n) is 4.32. The summed E-state index contributed by atoms with van der Waals surface area (Å²) in [6.07, 6.45) is 7.01.